The maximum Gasteiger partial charge on any atom is 0.219 e. The summed E-state index contributed by atoms with van der Waals surface area (Å²) in [6.07, 6.45) is 3.61. The molecule has 0 heterocycles. The first-order chi connectivity index (χ1) is 5.83. The molecule has 1 amide bonds. The Labute approximate surface area is 78.8 Å². The van der Waals surface area contributed by atoms with Gasteiger partial charge in [-0.05, 0) is 32.6 Å². The molecular weight excluding hydrogens is 166 g/mol. The van der Waals surface area contributed by atoms with Crippen LogP contribution in [0.3, 0.4) is 0 Å². The molecule has 13 heavy (non-hydrogen) atoms. The van der Waals surface area contributed by atoms with E-state index in [-0.39, 0.29) is 17.9 Å². The molecule has 1 aliphatic carbocycles. The Bertz CT molecular complexity index is 203. The predicted molar refractivity (Wildman–Crippen MR) is 51.8 cm³/mol. The van der Waals surface area contributed by atoms with E-state index in [4.69, 9.17) is 17.2 Å². The predicted octanol–water partition coefficient (Wildman–Crippen LogP) is -0.149. The molecule has 4 heteroatoms. The molecule has 0 unspecified atom stereocenters. The number of nitrogens with two attached hydrogens (primary N) is 3. The Hall–Kier alpha value is -0.610. The van der Waals surface area contributed by atoms with Gasteiger partial charge in [0.1, 0.15) is 0 Å². The van der Waals surface area contributed by atoms with Crippen molar-refractivity contribution in [2.24, 2.45) is 17.2 Å². The van der Waals surface area contributed by atoms with Crippen LogP contribution in [0.15, 0.2) is 0 Å². The molecule has 1 rings (SSSR count). The second-order valence-electron chi connectivity index (χ2n) is 4.66. The van der Waals surface area contributed by atoms with Crippen molar-refractivity contribution in [3.05, 3.63) is 0 Å². The lowest BCUT2D eigenvalue weighted by atomic mass is 9.72. The summed E-state index contributed by atoms with van der Waals surface area (Å²) in [4.78, 5) is 10.7. The van der Waals surface area contributed by atoms with Gasteiger partial charge >= 0.3 is 0 Å². The monoisotopic (exact) mass is 185 g/mol. The van der Waals surface area contributed by atoms with Gasteiger partial charge in [-0.3, -0.25) is 4.79 Å². The average molecular weight is 185 g/mol. The minimum absolute atomic E-state index is 0.111. The number of primary amides is 1. The summed E-state index contributed by atoms with van der Waals surface area (Å²) in [5, 5.41) is 0. The van der Waals surface area contributed by atoms with Crippen LogP contribution in [0.2, 0.25) is 0 Å². The highest BCUT2D eigenvalue weighted by molar-refractivity contribution is 5.75. The lowest BCUT2D eigenvalue weighted by Crippen LogP contribution is -2.52. The maximum atomic E-state index is 10.7. The molecule has 0 atom stereocenters. The first-order valence-corrected chi connectivity index (χ1v) is 4.69. The van der Waals surface area contributed by atoms with E-state index in [9.17, 15) is 4.79 Å². The van der Waals surface area contributed by atoms with Crippen molar-refractivity contribution in [1.29, 1.82) is 0 Å². The van der Waals surface area contributed by atoms with E-state index in [1.807, 2.05) is 6.92 Å². The summed E-state index contributed by atoms with van der Waals surface area (Å²) < 4.78 is 0. The second-order valence-corrected chi connectivity index (χ2v) is 4.66. The number of rotatable bonds is 2. The maximum absolute atomic E-state index is 10.7. The van der Waals surface area contributed by atoms with Crippen molar-refractivity contribution in [2.45, 2.75) is 50.1 Å². The molecular formula is C9H19N3O. The first-order valence-electron chi connectivity index (χ1n) is 4.69. The number of carbonyl (C=O) groups is 1. The van der Waals surface area contributed by atoms with Crippen molar-refractivity contribution in [2.75, 3.05) is 0 Å². The van der Waals surface area contributed by atoms with Gasteiger partial charge < -0.3 is 17.2 Å². The van der Waals surface area contributed by atoms with E-state index in [2.05, 4.69) is 0 Å². The van der Waals surface area contributed by atoms with Gasteiger partial charge in [-0.15, -0.1) is 0 Å². The van der Waals surface area contributed by atoms with E-state index >= 15 is 0 Å². The molecule has 0 spiro atoms. The van der Waals surface area contributed by atoms with Crippen LogP contribution < -0.4 is 17.2 Å². The van der Waals surface area contributed by atoms with Crippen molar-refractivity contribution in [1.82, 2.24) is 0 Å². The summed E-state index contributed by atoms with van der Waals surface area (Å²) in [6.45, 7) is 2.02. The van der Waals surface area contributed by atoms with E-state index in [0.717, 1.165) is 25.7 Å². The van der Waals surface area contributed by atoms with Crippen LogP contribution in [0, 0.1) is 0 Å². The van der Waals surface area contributed by atoms with Gasteiger partial charge in [0, 0.05) is 17.5 Å². The van der Waals surface area contributed by atoms with E-state index in [0.29, 0.717) is 0 Å². The highest BCUT2D eigenvalue weighted by Gasteiger charge is 2.36. The van der Waals surface area contributed by atoms with Gasteiger partial charge in [-0.1, -0.05) is 0 Å². The number of carbonyl (C=O) groups excluding carboxylic acids is 1. The molecule has 0 saturated heterocycles. The fourth-order valence-electron chi connectivity index (χ4n) is 1.84. The largest absolute Gasteiger partial charge is 0.370 e. The number of hydrogen-bond acceptors (Lipinski definition) is 3. The Morgan fingerprint density at radius 3 is 2.08 bits per heavy atom. The molecule has 0 aromatic heterocycles. The molecule has 1 fully saturated rings. The second kappa shape index (κ2) is 3.27. The van der Waals surface area contributed by atoms with E-state index < -0.39 is 5.54 Å². The minimum Gasteiger partial charge on any atom is -0.370 e. The normalized spacial score (nSPS) is 40.2. The van der Waals surface area contributed by atoms with Gasteiger partial charge in [-0.2, -0.15) is 0 Å². The lowest BCUT2D eigenvalue weighted by Gasteiger charge is -2.40. The van der Waals surface area contributed by atoms with Gasteiger partial charge in [0.2, 0.25) is 5.91 Å². The topological polar surface area (TPSA) is 95.1 Å². The molecule has 0 radical (unpaired) electrons. The third-order valence-corrected chi connectivity index (χ3v) is 2.91. The molecule has 76 valence electrons. The summed E-state index contributed by atoms with van der Waals surface area (Å²) in [5.41, 5.74) is 16.6. The zero-order chi connectivity index (χ0) is 10.1. The highest BCUT2D eigenvalue weighted by atomic mass is 16.1. The fraction of sp³-hybridized carbons (Fsp3) is 0.889. The van der Waals surface area contributed by atoms with Crippen molar-refractivity contribution in [3.63, 3.8) is 0 Å². The molecule has 1 aliphatic rings. The van der Waals surface area contributed by atoms with Crippen LogP contribution in [0.4, 0.5) is 0 Å². The molecule has 0 aromatic rings. The smallest absolute Gasteiger partial charge is 0.219 e. The lowest BCUT2D eigenvalue weighted by molar-refractivity contribution is -0.119. The Kier molecular flexibility index (Phi) is 2.63. The van der Waals surface area contributed by atoms with Crippen molar-refractivity contribution in [3.8, 4) is 0 Å². The van der Waals surface area contributed by atoms with Gasteiger partial charge in [0.05, 0.1) is 0 Å². The van der Waals surface area contributed by atoms with Crippen LogP contribution >= 0.6 is 0 Å². The number of hydrogen-bond donors (Lipinski definition) is 3. The zero-order valence-electron chi connectivity index (χ0n) is 8.18. The summed E-state index contributed by atoms with van der Waals surface area (Å²) in [5.74, 6) is -0.317. The zero-order valence-corrected chi connectivity index (χ0v) is 8.18. The van der Waals surface area contributed by atoms with Crippen LogP contribution in [-0.4, -0.2) is 17.0 Å². The number of amides is 1. The van der Waals surface area contributed by atoms with Crippen molar-refractivity contribution < 1.29 is 4.79 Å². The fourth-order valence-corrected chi connectivity index (χ4v) is 1.84. The molecule has 4 nitrogen and oxygen atoms in total. The average Bonchev–Trinajstić information content (AvgIpc) is 1.95. The summed E-state index contributed by atoms with van der Waals surface area (Å²) in [7, 11) is 0. The Morgan fingerprint density at radius 2 is 1.69 bits per heavy atom. The quantitative estimate of drug-likeness (QED) is 0.558. The third kappa shape index (κ3) is 2.97. The molecule has 1 saturated carbocycles. The van der Waals surface area contributed by atoms with Gasteiger partial charge in [0.15, 0.2) is 0 Å². The van der Waals surface area contributed by atoms with Gasteiger partial charge in [-0.25, -0.2) is 0 Å². The molecule has 0 bridgehead atoms. The van der Waals surface area contributed by atoms with Crippen molar-refractivity contribution >= 4 is 5.91 Å². The first kappa shape index (κ1) is 10.5. The summed E-state index contributed by atoms with van der Waals surface area (Å²) >= 11 is 0. The van der Waals surface area contributed by atoms with E-state index in [1.54, 1.807) is 0 Å². The van der Waals surface area contributed by atoms with Gasteiger partial charge in [0.25, 0.3) is 0 Å². The molecule has 6 N–H and O–H groups in total. The standard InChI is InChI=1S/C9H19N3O/c1-8(11)2-4-9(12,5-3-8)6-7(10)13/h2-6,11-12H2,1H3,(H2,10,13). The SMILES string of the molecule is CC1(N)CCC(N)(CC(N)=O)CC1. The van der Waals surface area contributed by atoms with Crippen LogP contribution in [0.25, 0.3) is 0 Å². The minimum atomic E-state index is -0.398. The highest BCUT2D eigenvalue weighted by Crippen LogP contribution is 2.33. The van der Waals surface area contributed by atoms with Crippen LogP contribution in [0.5, 0.6) is 0 Å². The summed E-state index contributed by atoms with van der Waals surface area (Å²) in [6, 6.07) is 0. The van der Waals surface area contributed by atoms with E-state index in [1.165, 1.54) is 0 Å². The third-order valence-electron chi connectivity index (χ3n) is 2.91. The van der Waals surface area contributed by atoms with Crippen LogP contribution in [0.1, 0.15) is 39.0 Å². The van der Waals surface area contributed by atoms with Crippen LogP contribution in [-0.2, 0) is 4.79 Å². The molecule has 0 aromatic carbocycles. The Morgan fingerprint density at radius 1 is 1.23 bits per heavy atom. The Balaban J connectivity index is 2.51. The molecule has 0 aliphatic heterocycles.